The van der Waals surface area contributed by atoms with Crippen molar-refractivity contribution >= 4 is 5.91 Å². The summed E-state index contributed by atoms with van der Waals surface area (Å²) < 4.78 is 5.69. The Morgan fingerprint density at radius 1 is 0.643 bits per heavy atom. The summed E-state index contributed by atoms with van der Waals surface area (Å²) in [7, 11) is 0. The number of ether oxygens (including phenoxy) is 1. The number of amides is 1. The molecule has 42 heavy (non-hydrogen) atoms. The van der Waals surface area contributed by atoms with Gasteiger partial charge in [-0.15, -0.1) is 0 Å². The van der Waals surface area contributed by atoms with Gasteiger partial charge in [0, 0.05) is 26.1 Å². The number of carbonyl (C=O) groups excluding carboxylic acids is 1. The molecule has 0 aliphatic rings. The molecular weight excluding hydrogens is 522 g/mol. The van der Waals surface area contributed by atoms with Crippen molar-refractivity contribution in [2.75, 3.05) is 32.9 Å². The summed E-state index contributed by atoms with van der Waals surface area (Å²) in [6.07, 6.45) is 36.4. The first-order chi connectivity index (χ1) is 20.7. The zero-order valence-corrected chi connectivity index (χ0v) is 28.3. The normalized spacial score (nSPS) is 12.4. The molecule has 0 spiro atoms. The van der Waals surface area contributed by atoms with E-state index in [1.807, 2.05) is 0 Å². The predicted octanol–water partition coefficient (Wildman–Crippen LogP) is 9.92. The maximum Gasteiger partial charge on any atom is 0.222 e. The number of aliphatic hydroxyl groups excluding tert-OH is 2. The predicted molar refractivity (Wildman–Crippen MR) is 181 cm³/mol. The third-order valence-corrected chi connectivity index (χ3v) is 8.26. The van der Waals surface area contributed by atoms with E-state index < -0.39 is 6.10 Å². The molecule has 0 saturated heterocycles. The average Bonchev–Trinajstić information content (AvgIpc) is 2.99. The first kappa shape index (κ1) is 41.1. The fourth-order valence-corrected chi connectivity index (χ4v) is 5.52. The zero-order chi connectivity index (χ0) is 30.8. The molecule has 1 unspecified atom stereocenters. The molecule has 1 atom stereocenters. The Labute approximate surface area is 262 Å². The first-order valence-corrected chi connectivity index (χ1v) is 18.4. The SMILES string of the molecule is CCCCCC/C=C\CCCCCCCC(=O)N(CCO)CC(O)COCCCCCCCCCCCCCCCC. The van der Waals surface area contributed by atoms with E-state index in [-0.39, 0.29) is 32.2 Å². The smallest absolute Gasteiger partial charge is 0.222 e. The molecule has 0 rings (SSSR count). The zero-order valence-electron chi connectivity index (χ0n) is 28.3. The van der Waals surface area contributed by atoms with Crippen LogP contribution in [0.15, 0.2) is 12.2 Å². The minimum absolute atomic E-state index is 0.0288. The fraction of sp³-hybridized carbons (Fsp3) is 0.919. The lowest BCUT2D eigenvalue weighted by atomic mass is 10.0. The van der Waals surface area contributed by atoms with Crippen LogP contribution in [-0.4, -0.2) is 60.0 Å². The van der Waals surface area contributed by atoms with Crippen molar-refractivity contribution in [3.63, 3.8) is 0 Å². The number of hydrogen-bond acceptors (Lipinski definition) is 4. The highest BCUT2D eigenvalue weighted by atomic mass is 16.5. The highest BCUT2D eigenvalue weighted by Crippen LogP contribution is 2.13. The van der Waals surface area contributed by atoms with Crippen molar-refractivity contribution < 1.29 is 19.7 Å². The highest BCUT2D eigenvalue weighted by Gasteiger charge is 2.17. The molecule has 0 aromatic heterocycles. The molecule has 0 radical (unpaired) electrons. The number of allylic oxidation sites excluding steroid dienone is 2. The maximum absolute atomic E-state index is 12.6. The fourth-order valence-electron chi connectivity index (χ4n) is 5.52. The second kappa shape index (κ2) is 34.6. The maximum atomic E-state index is 12.6. The summed E-state index contributed by atoms with van der Waals surface area (Å²) in [5.74, 6) is 0.0288. The molecule has 0 bridgehead atoms. The topological polar surface area (TPSA) is 70.0 Å². The summed E-state index contributed by atoms with van der Waals surface area (Å²) in [4.78, 5) is 14.3. The second-order valence-electron chi connectivity index (χ2n) is 12.5. The van der Waals surface area contributed by atoms with Crippen LogP contribution in [0.25, 0.3) is 0 Å². The van der Waals surface area contributed by atoms with E-state index in [1.54, 1.807) is 4.90 Å². The van der Waals surface area contributed by atoms with Gasteiger partial charge in [-0.1, -0.05) is 148 Å². The summed E-state index contributed by atoms with van der Waals surface area (Å²) in [5, 5.41) is 19.8. The Hall–Kier alpha value is -0.910. The molecule has 5 nitrogen and oxygen atoms in total. The monoisotopic (exact) mass is 596 g/mol. The van der Waals surface area contributed by atoms with Gasteiger partial charge in [-0.05, 0) is 38.5 Å². The number of nitrogens with zero attached hydrogens (tertiary/aromatic N) is 1. The largest absolute Gasteiger partial charge is 0.395 e. The van der Waals surface area contributed by atoms with Gasteiger partial charge in [-0.2, -0.15) is 0 Å². The van der Waals surface area contributed by atoms with Crippen molar-refractivity contribution in [2.24, 2.45) is 0 Å². The van der Waals surface area contributed by atoms with Crippen molar-refractivity contribution in [2.45, 2.75) is 187 Å². The van der Waals surface area contributed by atoms with Crippen molar-refractivity contribution in [3.8, 4) is 0 Å². The van der Waals surface area contributed by atoms with Crippen molar-refractivity contribution in [3.05, 3.63) is 12.2 Å². The number of aliphatic hydroxyl groups is 2. The Balaban J connectivity index is 3.66. The van der Waals surface area contributed by atoms with Gasteiger partial charge in [0.25, 0.3) is 0 Å². The molecular formula is C37H73NO4. The molecule has 0 fully saturated rings. The first-order valence-electron chi connectivity index (χ1n) is 18.4. The molecule has 2 N–H and O–H groups in total. The van der Waals surface area contributed by atoms with E-state index >= 15 is 0 Å². The van der Waals surface area contributed by atoms with Crippen LogP contribution in [0, 0.1) is 0 Å². The molecule has 1 amide bonds. The van der Waals surface area contributed by atoms with Gasteiger partial charge in [-0.3, -0.25) is 4.79 Å². The lowest BCUT2D eigenvalue weighted by molar-refractivity contribution is -0.134. The van der Waals surface area contributed by atoms with E-state index in [0.29, 0.717) is 13.0 Å². The molecule has 0 aromatic rings. The van der Waals surface area contributed by atoms with E-state index in [4.69, 9.17) is 4.74 Å². The number of carbonyl (C=O) groups is 1. The molecule has 5 heteroatoms. The van der Waals surface area contributed by atoms with Crippen LogP contribution < -0.4 is 0 Å². The van der Waals surface area contributed by atoms with E-state index in [9.17, 15) is 15.0 Å². The number of rotatable bonds is 34. The van der Waals surface area contributed by atoms with Gasteiger partial charge >= 0.3 is 0 Å². The van der Waals surface area contributed by atoms with E-state index in [1.165, 1.54) is 128 Å². The summed E-state index contributed by atoms with van der Waals surface area (Å²) in [5.41, 5.74) is 0. The number of unbranched alkanes of at least 4 members (excludes halogenated alkanes) is 22. The van der Waals surface area contributed by atoms with Crippen LogP contribution >= 0.6 is 0 Å². The van der Waals surface area contributed by atoms with Crippen molar-refractivity contribution in [1.29, 1.82) is 0 Å². The average molecular weight is 596 g/mol. The lowest BCUT2D eigenvalue weighted by Gasteiger charge is -2.24. The number of hydrogen-bond donors (Lipinski definition) is 2. The van der Waals surface area contributed by atoms with Gasteiger partial charge in [0.15, 0.2) is 0 Å². The second-order valence-corrected chi connectivity index (χ2v) is 12.5. The van der Waals surface area contributed by atoms with Crippen LogP contribution in [0.1, 0.15) is 181 Å². The van der Waals surface area contributed by atoms with Gasteiger partial charge in [-0.25, -0.2) is 0 Å². The van der Waals surface area contributed by atoms with E-state index in [2.05, 4.69) is 26.0 Å². The van der Waals surface area contributed by atoms with Crippen LogP contribution in [0.5, 0.6) is 0 Å². The Bertz CT molecular complexity index is 568. The van der Waals surface area contributed by atoms with Crippen LogP contribution in [0.4, 0.5) is 0 Å². The van der Waals surface area contributed by atoms with Crippen molar-refractivity contribution in [1.82, 2.24) is 4.90 Å². The quantitative estimate of drug-likeness (QED) is 0.0574. The molecule has 0 aliphatic carbocycles. The lowest BCUT2D eigenvalue weighted by Crippen LogP contribution is -2.40. The van der Waals surface area contributed by atoms with Gasteiger partial charge in [0.05, 0.1) is 19.3 Å². The van der Waals surface area contributed by atoms with Crippen LogP contribution in [0.2, 0.25) is 0 Å². The van der Waals surface area contributed by atoms with Crippen LogP contribution in [-0.2, 0) is 9.53 Å². The van der Waals surface area contributed by atoms with E-state index in [0.717, 1.165) is 32.1 Å². The summed E-state index contributed by atoms with van der Waals surface area (Å²) >= 11 is 0. The van der Waals surface area contributed by atoms with Gasteiger partial charge in [0.1, 0.15) is 0 Å². The highest BCUT2D eigenvalue weighted by molar-refractivity contribution is 5.76. The molecule has 0 aliphatic heterocycles. The minimum Gasteiger partial charge on any atom is -0.395 e. The molecule has 250 valence electrons. The molecule has 0 saturated carbocycles. The van der Waals surface area contributed by atoms with Gasteiger partial charge < -0.3 is 19.8 Å². The molecule has 0 heterocycles. The molecule has 0 aromatic carbocycles. The third kappa shape index (κ3) is 30.5. The standard InChI is InChI=1S/C37H73NO4/c1-3-5-7-9-11-13-15-17-19-21-23-25-27-29-33-42-35-36(40)34-38(31-32-39)37(41)30-28-26-24-22-20-18-16-14-12-10-8-6-4-2/h14,16,36,39-40H,3-13,15,17-35H2,1-2H3/b16-14-. The Kier molecular flexibility index (Phi) is 33.8. The third-order valence-electron chi connectivity index (χ3n) is 8.26. The summed E-state index contributed by atoms with van der Waals surface area (Å²) in [6, 6.07) is 0. The Morgan fingerprint density at radius 2 is 1.07 bits per heavy atom. The minimum atomic E-state index is -0.702. The van der Waals surface area contributed by atoms with Gasteiger partial charge in [0.2, 0.25) is 5.91 Å². The Morgan fingerprint density at radius 3 is 1.57 bits per heavy atom. The van der Waals surface area contributed by atoms with Crippen LogP contribution in [0.3, 0.4) is 0 Å². The summed E-state index contributed by atoms with van der Waals surface area (Å²) in [6.45, 7) is 5.88.